The van der Waals surface area contributed by atoms with Crippen LogP contribution in [0.25, 0.3) is 0 Å². The van der Waals surface area contributed by atoms with Gasteiger partial charge in [-0.15, -0.1) is 0 Å². The maximum atomic E-state index is 12.6. The van der Waals surface area contributed by atoms with Crippen molar-refractivity contribution in [3.63, 3.8) is 0 Å². The average molecular weight is 858 g/mol. The first-order chi connectivity index (χ1) is 28.9. The van der Waals surface area contributed by atoms with E-state index in [1.54, 1.807) is 0 Å². The monoisotopic (exact) mass is 858 g/mol. The van der Waals surface area contributed by atoms with Gasteiger partial charge in [-0.05, 0) is 38.5 Å². The zero-order valence-corrected chi connectivity index (χ0v) is 40.2. The van der Waals surface area contributed by atoms with Crippen molar-refractivity contribution in [2.24, 2.45) is 5.73 Å². The molecule has 0 fully saturated rings. The minimum Gasteiger partial charge on any atom is -0.457 e. The Morgan fingerprint density at radius 2 is 0.847 bits per heavy atom. The van der Waals surface area contributed by atoms with Crippen LogP contribution in [0.3, 0.4) is 0 Å². The molecule has 0 aromatic rings. The molecular weight excluding hydrogens is 758 g/mol. The van der Waals surface area contributed by atoms with Crippen molar-refractivity contribution in [2.45, 2.75) is 270 Å². The van der Waals surface area contributed by atoms with Crippen LogP contribution in [0.15, 0.2) is 12.2 Å². The predicted octanol–water partition coefficient (Wildman–Crippen LogP) is 15.8. The smallest absolute Gasteiger partial charge is 0.457 e. The lowest BCUT2D eigenvalue weighted by Crippen LogP contribution is -2.28. The summed E-state index contributed by atoms with van der Waals surface area (Å²) in [5, 5.41) is 0. The van der Waals surface area contributed by atoms with Gasteiger partial charge in [-0.3, -0.25) is 13.8 Å². The van der Waals surface area contributed by atoms with Crippen LogP contribution in [0.5, 0.6) is 0 Å². The third kappa shape index (κ3) is 48.1. The summed E-state index contributed by atoms with van der Waals surface area (Å²) in [5.74, 6) is -0.333. The van der Waals surface area contributed by atoms with Crippen molar-refractivity contribution in [3.8, 4) is 0 Å². The average Bonchev–Trinajstić information content (AvgIpc) is 3.23. The van der Waals surface area contributed by atoms with Gasteiger partial charge in [0.05, 0.1) is 19.8 Å². The second kappa shape index (κ2) is 48.3. The number of hydrogen-bond acceptors (Lipinski definition) is 7. The molecule has 8 nitrogen and oxygen atoms in total. The van der Waals surface area contributed by atoms with Gasteiger partial charge >= 0.3 is 13.8 Å². The fraction of sp³-hybridized carbons (Fsp3) is 0.940. The van der Waals surface area contributed by atoms with Crippen LogP contribution in [0, 0.1) is 0 Å². The summed E-state index contributed by atoms with van der Waals surface area (Å²) in [4.78, 5) is 22.5. The molecule has 2 unspecified atom stereocenters. The molecule has 0 amide bonds. The van der Waals surface area contributed by atoms with E-state index in [2.05, 4.69) is 26.0 Å². The van der Waals surface area contributed by atoms with Crippen LogP contribution in [0.2, 0.25) is 0 Å². The van der Waals surface area contributed by atoms with Crippen LogP contribution in [-0.2, 0) is 27.9 Å². The highest BCUT2D eigenvalue weighted by Gasteiger charge is 2.25. The Labute approximate surface area is 366 Å². The number of unbranched alkanes of at least 4 members (excludes halogenated alkanes) is 35. The lowest BCUT2D eigenvalue weighted by Gasteiger charge is -2.20. The molecule has 0 aliphatic rings. The Morgan fingerprint density at radius 1 is 0.492 bits per heavy atom. The Balaban J connectivity index is 3.82. The number of esters is 1. The van der Waals surface area contributed by atoms with Crippen molar-refractivity contribution in [1.82, 2.24) is 0 Å². The number of hydrogen-bond donors (Lipinski definition) is 2. The lowest BCUT2D eigenvalue weighted by atomic mass is 10.0. The van der Waals surface area contributed by atoms with Gasteiger partial charge in [-0.2, -0.15) is 0 Å². The van der Waals surface area contributed by atoms with E-state index in [0.29, 0.717) is 13.0 Å². The van der Waals surface area contributed by atoms with Crippen LogP contribution < -0.4 is 5.73 Å². The molecule has 0 heterocycles. The lowest BCUT2D eigenvalue weighted by molar-refractivity contribution is -0.154. The third-order valence-corrected chi connectivity index (χ3v) is 12.4. The summed E-state index contributed by atoms with van der Waals surface area (Å²) in [6.45, 7) is 4.96. The third-order valence-electron chi connectivity index (χ3n) is 11.4. The minimum atomic E-state index is -4.28. The van der Waals surface area contributed by atoms with Gasteiger partial charge in [0.1, 0.15) is 6.10 Å². The Kier molecular flexibility index (Phi) is 47.7. The second-order valence-corrected chi connectivity index (χ2v) is 18.8. The van der Waals surface area contributed by atoms with Crippen LogP contribution >= 0.6 is 7.82 Å². The number of phosphoric ester groups is 1. The molecule has 0 aromatic heterocycles. The molecule has 2 atom stereocenters. The largest absolute Gasteiger partial charge is 0.472 e. The summed E-state index contributed by atoms with van der Waals surface area (Å²) in [6.07, 6.45) is 54.0. The van der Waals surface area contributed by atoms with E-state index in [9.17, 15) is 14.3 Å². The van der Waals surface area contributed by atoms with Gasteiger partial charge in [0.15, 0.2) is 0 Å². The normalized spacial score (nSPS) is 13.4. The van der Waals surface area contributed by atoms with Crippen molar-refractivity contribution in [2.75, 3.05) is 33.0 Å². The minimum absolute atomic E-state index is 0.0935. The van der Waals surface area contributed by atoms with Crippen molar-refractivity contribution in [1.29, 1.82) is 0 Å². The van der Waals surface area contributed by atoms with E-state index in [1.165, 1.54) is 199 Å². The molecule has 0 radical (unpaired) electrons. The van der Waals surface area contributed by atoms with Gasteiger partial charge in [-0.1, -0.05) is 231 Å². The van der Waals surface area contributed by atoms with E-state index >= 15 is 0 Å². The number of phosphoric acid groups is 1. The number of ether oxygens (including phenoxy) is 2. The van der Waals surface area contributed by atoms with Crippen molar-refractivity contribution >= 4 is 13.8 Å². The van der Waals surface area contributed by atoms with Crippen molar-refractivity contribution in [3.05, 3.63) is 12.2 Å². The van der Waals surface area contributed by atoms with Gasteiger partial charge in [-0.25, -0.2) is 4.57 Å². The van der Waals surface area contributed by atoms with E-state index in [1.807, 2.05) is 0 Å². The number of nitrogens with two attached hydrogens (primary N) is 1. The molecule has 0 bridgehead atoms. The molecule has 0 aliphatic heterocycles. The number of carbonyl (C=O) groups is 1. The SMILES string of the molecule is CCCCCCC/C=C\CCCCCCCC(=O)OC(COCCCCCCCCCCCCCCCCCCCCCCCCCCCC)COP(=O)(O)OCCN. The van der Waals surface area contributed by atoms with E-state index in [4.69, 9.17) is 24.3 Å². The Hall–Kier alpha value is -0.760. The fourth-order valence-corrected chi connectivity index (χ4v) is 8.41. The van der Waals surface area contributed by atoms with E-state index < -0.39 is 13.9 Å². The zero-order valence-electron chi connectivity index (χ0n) is 39.3. The van der Waals surface area contributed by atoms with E-state index in [0.717, 1.165) is 44.9 Å². The zero-order chi connectivity index (χ0) is 43.0. The quantitative estimate of drug-likeness (QED) is 0.0269. The molecule has 0 aromatic carbocycles. The highest BCUT2D eigenvalue weighted by Crippen LogP contribution is 2.43. The molecule has 0 aliphatic carbocycles. The Bertz CT molecular complexity index is 920. The molecule has 3 N–H and O–H groups in total. The molecular formula is C50H100NO7P. The molecule has 0 saturated carbocycles. The fourth-order valence-electron chi connectivity index (χ4n) is 7.64. The first kappa shape index (κ1) is 58.2. The maximum absolute atomic E-state index is 12.6. The van der Waals surface area contributed by atoms with E-state index in [-0.39, 0.29) is 32.3 Å². The molecule has 0 saturated heterocycles. The molecule has 0 spiro atoms. The van der Waals surface area contributed by atoms with Gasteiger partial charge < -0.3 is 20.1 Å². The molecule has 59 heavy (non-hydrogen) atoms. The Morgan fingerprint density at radius 3 is 1.24 bits per heavy atom. The summed E-state index contributed by atoms with van der Waals surface area (Å²) in [6, 6.07) is 0. The highest BCUT2D eigenvalue weighted by molar-refractivity contribution is 7.47. The van der Waals surface area contributed by atoms with Gasteiger partial charge in [0.25, 0.3) is 0 Å². The van der Waals surface area contributed by atoms with Crippen LogP contribution in [-0.4, -0.2) is 49.9 Å². The molecule has 352 valence electrons. The summed E-state index contributed by atoms with van der Waals surface area (Å²) in [5.41, 5.74) is 5.38. The van der Waals surface area contributed by atoms with Gasteiger partial charge in [0.2, 0.25) is 0 Å². The summed E-state index contributed by atoms with van der Waals surface area (Å²) >= 11 is 0. The number of carbonyl (C=O) groups excluding carboxylic acids is 1. The summed E-state index contributed by atoms with van der Waals surface area (Å²) < 4.78 is 33.5. The first-order valence-corrected chi connectivity index (χ1v) is 27.2. The molecule has 0 rings (SSSR count). The highest BCUT2D eigenvalue weighted by atomic mass is 31.2. The summed E-state index contributed by atoms with van der Waals surface area (Å²) in [7, 11) is -4.28. The second-order valence-electron chi connectivity index (χ2n) is 17.4. The van der Waals surface area contributed by atoms with Crippen LogP contribution in [0.4, 0.5) is 0 Å². The standard InChI is InChI=1S/C50H100NO7P/c1-3-5-7-9-11-13-15-17-19-20-21-22-23-24-25-26-27-28-29-30-32-34-36-38-40-42-45-55-47-49(48-57-59(53,54)56-46-44-51)58-50(52)43-41-39-37-35-33-31-18-16-14-12-10-8-6-4-2/h16,18,49H,3-15,17,19-48,51H2,1-2H3,(H,53,54)/b18-16-. The predicted molar refractivity (Wildman–Crippen MR) is 252 cm³/mol. The molecule has 9 heteroatoms. The van der Waals surface area contributed by atoms with Crippen LogP contribution in [0.1, 0.15) is 264 Å². The first-order valence-electron chi connectivity index (χ1n) is 25.7. The maximum Gasteiger partial charge on any atom is 0.472 e. The topological polar surface area (TPSA) is 117 Å². The number of allylic oxidation sites excluding steroid dienone is 2. The number of rotatable bonds is 50. The van der Waals surface area contributed by atoms with Crippen molar-refractivity contribution < 1.29 is 32.8 Å². The van der Waals surface area contributed by atoms with Gasteiger partial charge in [0, 0.05) is 19.6 Å².